The smallest absolute Gasteiger partial charge is 0.250 e. The first-order chi connectivity index (χ1) is 10.2. The number of hydrogen-bond acceptors (Lipinski definition) is 1. The lowest BCUT2D eigenvalue weighted by Crippen LogP contribution is -2.22. The van der Waals surface area contributed by atoms with E-state index in [9.17, 15) is 4.79 Å². The zero-order chi connectivity index (χ0) is 15.1. The molecule has 0 radical (unpaired) electrons. The Labute approximate surface area is 125 Å². The number of carbonyl (C=O) groups excluding carboxylic acids is 1. The van der Waals surface area contributed by atoms with Gasteiger partial charge in [-0.3, -0.25) is 4.79 Å². The van der Waals surface area contributed by atoms with Crippen LogP contribution in [-0.4, -0.2) is 5.91 Å². The minimum absolute atomic E-state index is 0.155. The van der Waals surface area contributed by atoms with Crippen LogP contribution in [0, 0.1) is 6.57 Å². The van der Waals surface area contributed by atoms with Gasteiger partial charge in [0.1, 0.15) is 0 Å². The third kappa shape index (κ3) is 4.19. The minimum Gasteiger partial charge on any atom is -0.348 e. The largest absolute Gasteiger partial charge is 0.348 e. The van der Waals surface area contributed by atoms with Crippen molar-refractivity contribution in [3.63, 3.8) is 0 Å². The lowest BCUT2D eigenvalue weighted by atomic mass is 10.1. The highest BCUT2D eigenvalue weighted by atomic mass is 16.1. The first-order valence-corrected chi connectivity index (χ1v) is 7.06. The summed E-state index contributed by atoms with van der Waals surface area (Å²) in [5, 5.41) is 2.88. The van der Waals surface area contributed by atoms with Gasteiger partial charge in [-0.25, -0.2) is 4.85 Å². The Morgan fingerprint density at radius 1 is 1.14 bits per heavy atom. The number of nitrogens with one attached hydrogen (secondary N) is 1. The SMILES string of the molecule is [C-]#[N+]c1cccc(C(=O)NCc2ccc(CCC)cc2)c1. The van der Waals surface area contributed by atoms with Crippen LogP contribution in [0.3, 0.4) is 0 Å². The average Bonchev–Trinajstić information content (AvgIpc) is 2.54. The van der Waals surface area contributed by atoms with E-state index < -0.39 is 0 Å². The van der Waals surface area contributed by atoms with Gasteiger partial charge in [0.2, 0.25) is 5.91 Å². The number of benzene rings is 2. The maximum absolute atomic E-state index is 12.0. The van der Waals surface area contributed by atoms with E-state index in [1.807, 2.05) is 12.1 Å². The highest BCUT2D eigenvalue weighted by Gasteiger charge is 2.05. The summed E-state index contributed by atoms with van der Waals surface area (Å²) >= 11 is 0. The van der Waals surface area contributed by atoms with Crippen LogP contribution in [0.5, 0.6) is 0 Å². The molecule has 3 nitrogen and oxygen atoms in total. The summed E-state index contributed by atoms with van der Waals surface area (Å²) in [6.45, 7) is 9.62. The van der Waals surface area contributed by atoms with Crippen molar-refractivity contribution >= 4 is 11.6 Å². The molecule has 0 unspecified atom stereocenters. The summed E-state index contributed by atoms with van der Waals surface area (Å²) in [6, 6.07) is 15.0. The van der Waals surface area contributed by atoms with E-state index in [2.05, 4.69) is 29.2 Å². The van der Waals surface area contributed by atoms with Crippen LogP contribution < -0.4 is 5.32 Å². The van der Waals surface area contributed by atoms with Crippen molar-refractivity contribution in [1.82, 2.24) is 5.32 Å². The number of aryl methyl sites for hydroxylation is 1. The van der Waals surface area contributed by atoms with E-state index in [1.165, 1.54) is 5.56 Å². The summed E-state index contributed by atoms with van der Waals surface area (Å²) in [7, 11) is 0. The van der Waals surface area contributed by atoms with E-state index in [0.717, 1.165) is 18.4 Å². The molecule has 0 aromatic heterocycles. The normalized spacial score (nSPS) is 9.90. The van der Waals surface area contributed by atoms with Crippen LogP contribution in [-0.2, 0) is 13.0 Å². The van der Waals surface area contributed by atoms with Gasteiger partial charge in [-0.05, 0) is 23.6 Å². The van der Waals surface area contributed by atoms with Crippen LogP contribution in [0.15, 0.2) is 48.5 Å². The second-order valence-electron chi connectivity index (χ2n) is 4.91. The van der Waals surface area contributed by atoms with E-state index in [1.54, 1.807) is 24.3 Å². The molecular formula is C18H18N2O. The van der Waals surface area contributed by atoms with Gasteiger partial charge in [0.25, 0.3) is 0 Å². The van der Waals surface area contributed by atoms with Gasteiger partial charge in [0, 0.05) is 12.1 Å². The van der Waals surface area contributed by atoms with Gasteiger partial charge in [0.05, 0.1) is 6.57 Å². The first-order valence-electron chi connectivity index (χ1n) is 7.06. The topological polar surface area (TPSA) is 33.5 Å². The molecule has 0 saturated heterocycles. The number of nitrogens with zero attached hydrogens (tertiary/aromatic N) is 1. The molecule has 1 N–H and O–H groups in total. The lowest BCUT2D eigenvalue weighted by molar-refractivity contribution is 0.0951. The Morgan fingerprint density at radius 3 is 2.52 bits per heavy atom. The molecular weight excluding hydrogens is 260 g/mol. The zero-order valence-corrected chi connectivity index (χ0v) is 12.1. The summed E-state index contributed by atoms with van der Waals surface area (Å²) in [4.78, 5) is 15.4. The Morgan fingerprint density at radius 2 is 1.86 bits per heavy atom. The van der Waals surface area contributed by atoms with Crippen LogP contribution in [0.4, 0.5) is 5.69 Å². The highest BCUT2D eigenvalue weighted by Crippen LogP contribution is 2.14. The quantitative estimate of drug-likeness (QED) is 0.820. The number of carbonyl (C=O) groups is 1. The van der Waals surface area contributed by atoms with E-state index in [4.69, 9.17) is 6.57 Å². The molecule has 0 saturated carbocycles. The maximum atomic E-state index is 12.0. The summed E-state index contributed by atoms with van der Waals surface area (Å²) in [5.41, 5.74) is 3.39. The molecule has 0 bridgehead atoms. The first kappa shape index (κ1) is 14.8. The van der Waals surface area contributed by atoms with Gasteiger partial charge in [0.15, 0.2) is 5.69 Å². The van der Waals surface area contributed by atoms with Crippen LogP contribution >= 0.6 is 0 Å². The van der Waals surface area contributed by atoms with Crippen molar-refractivity contribution in [3.8, 4) is 0 Å². The molecule has 21 heavy (non-hydrogen) atoms. The number of rotatable bonds is 5. The van der Waals surface area contributed by atoms with Crippen LogP contribution in [0.1, 0.15) is 34.8 Å². The van der Waals surface area contributed by atoms with Crippen molar-refractivity contribution < 1.29 is 4.79 Å². The monoisotopic (exact) mass is 278 g/mol. The van der Waals surface area contributed by atoms with Crippen molar-refractivity contribution in [1.29, 1.82) is 0 Å². The molecule has 0 atom stereocenters. The second kappa shape index (κ2) is 7.25. The van der Waals surface area contributed by atoms with Gasteiger partial charge in [-0.1, -0.05) is 55.8 Å². The summed E-state index contributed by atoms with van der Waals surface area (Å²) < 4.78 is 0. The fourth-order valence-electron chi connectivity index (χ4n) is 2.11. The maximum Gasteiger partial charge on any atom is 0.250 e. The van der Waals surface area contributed by atoms with Crippen molar-refractivity contribution in [3.05, 3.63) is 76.6 Å². The van der Waals surface area contributed by atoms with Crippen molar-refractivity contribution in [2.45, 2.75) is 26.3 Å². The third-order valence-corrected chi connectivity index (χ3v) is 3.25. The molecule has 2 rings (SSSR count). The Kier molecular flexibility index (Phi) is 5.11. The molecule has 0 aliphatic carbocycles. The van der Waals surface area contributed by atoms with Crippen molar-refractivity contribution in [2.75, 3.05) is 0 Å². The lowest BCUT2D eigenvalue weighted by Gasteiger charge is -2.07. The summed E-state index contributed by atoms with van der Waals surface area (Å²) in [5.74, 6) is -0.155. The second-order valence-corrected chi connectivity index (χ2v) is 4.91. The standard InChI is InChI=1S/C18H18N2O/c1-3-5-14-8-10-15(11-9-14)13-20-18(21)16-6-4-7-17(12-16)19-2/h4,6-12H,3,5,13H2,1H3,(H,20,21). The molecule has 2 aromatic carbocycles. The van der Waals surface area contributed by atoms with E-state index in [0.29, 0.717) is 17.8 Å². The fraction of sp³-hybridized carbons (Fsp3) is 0.222. The van der Waals surface area contributed by atoms with Gasteiger partial charge in [-0.15, -0.1) is 0 Å². The molecule has 0 aliphatic heterocycles. The molecule has 106 valence electrons. The third-order valence-electron chi connectivity index (χ3n) is 3.25. The van der Waals surface area contributed by atoms with Crippen molar-refractivity contribution in [2.24, 2.45) is 0 Å². The van der Waals surface area contributed by atoms with E-state index in [-0.39, 0.29) is 5.91 Å². The Hall–Kier alpha value is -2.60. The molecule has 3 heteroatoms. The zero-order valence-electron chi connectivity index (χ0n) is 12.1. The summed E-state index contributed by atoms with van der Waals surface area (Å²) in [6.07, 6.45) is 2.21. The Bertz CT molecular complexity index is 654. The highest BCUT2D eigenvalue weighted by molar-refractivity contribution is 5.95. The Balaban J connectivity index is 1.95. The van der Waals surface area contributed by atoms with Gasteiger partial charge < -0.3 is 5.32 Å². The van der Waals surface area contributed by atoms with Gasteiger partial charge >= 0.3 is 0 Å². The molecule has 1 amide bonds. The molecule has 0 fully saturated rings. The van der Waals surface area contributed by atoms with Crippen LogP contribution in [0.25, 0.3) is 4.85 Å². The molecule has 0 aliphatic rings. The fourth-order valence-corrected chi connectivity index (χ4v) is 2.11. The van der Waals surface area contributed by atoms with E-state index >= 15 is 0 Å². The van der Waals surface area contributed by atoms with Crippen LogP contribution in [0.2, 0.25) is 0 Å². The number of hydrogen-bond donors (Lipinski definition) is 1. The molecule has 0 spiro atoms. The number of amides is 1. The predicted octanol–water partition coefficient (Wildman–Crippen LogP) is 4.12. The van der Waals surface area contributed by atoms with Gasteiger partial charge in [-0.2, -0.15) is 0 Å². The molecule has 0 heterocycles. The molecule has 2 aromatic rings. The predicted molar refractivity (Wildman–Crippen MR) is 84.3 cm³/mol. The minimum atomic E-state index is -0.155. The average molecular weight is 278 g/mol.